The lowest BCUT2D eigenvalue weighted by molar-refractivity contribution is 0.550. The van der Waals surface area contributed by atoms with Crippen LogP contribution in [0.2, 0.25) is 0 Å². The molecule has 0 aliphatic rings. The van der Waals surface area contributed by atoms with Crippen molar-refractivity contribution in [2.45, 2.75) is 0 Å². The lowest BCUT2D eigenvalue weighted by Crippen LogP contribution is -1.93. The molecule has 0 saturated heterocycles. The number of aliphatic imine (C=N–C) groups is 2. The van der Waals surface area contributed by atoms with E-state index in [0.29, 0.717) is 17.3 Å². The maximum atomic E-state index is 5.45. The molecule has 0 fully saturated rings. The molecule has 0 N–H and O–H groups in total. The van der Waals surface area contributed by atoms with Crippen molar-refractivity contribution in [1.82, 2.24) is 15.0 Å². The van der Waals surface area contributed by atoms with Gasteiger partial charge in [-0.3, -0.25) is 0 Å². The molecule has 3 rings (SSSR count). The van der Waals surface area contributed by atoms with Crippen molar-refractivity contribution in [3.05, 3.63) is 60.6 Å². The zero-order valence-electron chi connectivity index (χ0n) is 12.3. The molecule has 0 aliphatic carbocycles. The van der Waals surface area contributed by atoms with Gasteiger partial charge in [0, 0.05) is 5.56 Å². The average Bonchev–Trinajstić information content (AvgIpc) is 3.08. The van der Waals surface area contributed by atoms with Crippen LogP contribution in [0.15, 0.2) is 63.4 Å². The summed E-state index contributed by atoms with van der Waals surface area (Å²) >= 11 is 0. The van der Waals surface area contributed by atoms with Gasteiger partial charge in [-0.05, 0) is 24.9 Å². The second-order valence-electron chi connectivity index (χ2n) is 4.49. The van der Waals surface area contributed by atoms with Gasteiger partial charge < -0.3 is 4.42 Å². The van der Waals surface area contributed by atoms with Crippen molar-refractivity contribution >= 4 is 30.9 Å². The fraction of sp³-hybridized carbons (Fsp3) is 0. The van der Waals surface area contributed by atoms with Crippen LogP contribution in [0.25, 0.3) is 17.5 Å². The van der Waals surface area contributed by atoms with Crippen molar-refractivity contribution in [2.24, 2.45) is 9.98 Å². The molecular formula is C17H13N5O. The Bertz CT molecular complexity index is 868. The average molecular weight is 303 g/mol. The van der Waals surface area contributed by atoms with Crippen LogP contribution in [0.4, 0.5) is 11.9 Å². The molecule has 6 heteroatoms. The fourth-order valence-electron chi connectivity index (χ4n) is 1.87. The van der Waals surface area contributed by atoms with Crippen molar-refractivity contribution in [3.8, 4) is 11.4 Å². The van der Waals surface area contributed by atoms with Crippen LogP contribution in [-0.4, -0.2) is 27.9 Å². The van der Waals surface area contributed by atoms with Crippen LogP contribution in [0, 0.1) is 0 Å². The van der Waals surface area contributed by atoms with Crippen molar-refractivity contribution in [2.75, 3.05) is 0 Å². The summed E-state index contributed by atoms with van der Waals surface area (Å²) in [6.07, 6.45) is 3.15. The second-order valence-corrected chi connectivity index (χ2v) is 4.49. The van der Waals surface area contributed by atoms with E-state index in [1.807, 2.05) is 30.3 Å². The summed E-state index contributed by atoms with van der Waals surface area (Å²) in [5.41, 5.74) is 0.850. The molecule has 0 saturated carbocycles. The normalized spacial score (nSPS) is 10.8. The zero-order chi connectivity index (χ0) is 16.1. The maximum Gasteiger partial charge on any atom is 0.254 e. The molecule has 0 bridgehead atoms. The first-order valence-electron chi connectivity index (χ1n) is 6.83. The lowest BCUT2D eigenvalue weighted by Gasteiger charge is -2.01. The third-order valence-corrected chi connectivity index (χ3v) is 2.94. The number of hydrogen-bond acceptors (Lipinski definition) is 6. The summed E-state index contributed by atoms with van der Waals surface area (Å²) in [7, 11) is 0. The summed E-state index contributed by atoms with van der Waals surface area (Å²) in [5, 5.41) is 0. The predicted molar refractivity (Wildman–Crippen MR) is 90.5 cm³/mol. The van der Waals surface area contributed by atoms with Gasteiger partial charge in [-0.1, -0.05) is 36.9 Å². The molecule has 0 unspecified atom stereocenters. The number of hydrogen-bond donors (Lipinski definition) is 0. The Morgan fingerprint density at radius 1 is 0.913 bits per heavy atom. The van der Waals surface area contributed by atoms with E-state index >= 15 is 0 Å². The highest BCUT2D eigenvalue weighted by Crippen LogP contribution is 2.19. The molecule has 0 atom stereocenters. The number of rotatable bonds is 5. The predicted octanol–water partition coefficient (Wildman–Crippen LogP) is 3.86. The summed E-state index contributed by atoms with van der Waals surface area (Å²) in [5.74, 6) is 2.19. The van der Waals surface area contributed by atoms with E-state index in [2.05, 4.69) is 38.2 Å². The second kappa shape index (κ2) is 6.57. The van der Waals surface area contributed by atoms with Gasteiger partial charge in [-0.25, -0.2) is 9.98 Å². The van der Waals surface area contributed by atoms with Crippen LogP contribution in [0.3, 0.4) is 0 Å². The minimum absolute atomic E-state index is 0.220. The van der Waals surface area contributed by atoms with Crippen molar-refractivity contribution in [1.29, 1.82) is 0 Å². The van der Waals surface area contributed by atoms with Crippen LogP contribution in [-0.2, 0) is 0 Å². The monoisotopic (exact) mass is 303 g/mol. The molecule has 2 heterocycles. The summed E-state index contributed by atoms with van der Waals surface area (Å²) in [6, 6.07) is 13.1. The van der Waals surface area contributed by atoms with Gasteiger partial charge in [0.2, 0.25) is 0 Å². The minimum atomic E-state index is 0.220. The summed E-state index contributed by atoms with van der Waals surface area (Å²) in [4.78, 5) is 20.6. The SMILES string of the molecule is C=Cc1ccc(C=Nc2nc(N=C)nc(-c3ccccc3)n2)o1. The van der Waals surface area contributed by atoms with Gasteiger partial charge in [0.05, 0.1) is 6.21 Å². The third kappa shape index (κ3) is 3.44. The molecule has 0 radical (unpaired) electrons. The Hall–Kier alpha value is -3.41. The molecule has 0 amide bonds. The van der Waals surface area contributed by atoms with Crippen LogP contribution in [0.5, 0.6) is 0 Å². The summed E-state index contributed by atoms with van der Waals surface area (Å²) in [6.45, 7) is 7.10. The molecule has 0 spiro atoms. The Morgan fingerprint density at radius 2 is 1.65 bits per heavy atom. The molecule has 3 aromatic rings. The highest BCUT2D eigenvalue weighted by Gasteiger charge is 2.06. The van der Waals surface area contributed by atoms with Gasteiger partial charge in [-0.15, -0.1) is 0 Å². The molecule has 0 aliphatic heterocycles. The third-order valence-electron chi connectivity index (χ3n) is 2.94. The first-order valence-corrected chi connectivity index (χ1v) is 6.83. The molecule has 23 heavy (non-hydrogen) atoms. The Morgan fingerprint density at radius 3 is 2.35 bits per heavy atom. The van der Waals surface area contributed by atoms with Crippen molar-refractivity contribution in [3.63, 3.8) is 0 Å². The molecular weight excluding hydrogens is 290 g/mol. The van der Waals surface area contributed by atoms with Crippen molar-refractivity contribution < 1.29 is 4.42 Å². The van der Waals surface area contributed by atoms with Crippen LogP contribution < -0.4 is 0 Å². The highest BCUT2D eigenvalue weighted by atomic mass is 16.3. The molecule has 6 nitrogen and oxygen atoms in total. The Kier molecular flexibility index (Phi) is 4.15. The van der Waals surface area contributed by atoms with Crippen LogP contribution >= 0.6 is 0 Å². The van der Waals surface area contributed by atoms with Gasteiger partial charge in [0.25, 0.3) is 11.9 Å². The lowest BCUT2D eigenvalue weighted by atomic mass is 10.2. The van der Waals surface area contributed by atoms with Gasteiger partial charge in [0.1, 0.15) is 11.5 Å². The zero-order valence-corrected chi connectivity index (χ0v) is 12.3. The standard InChI is InChI=1S/C17H13N5O/c1-3-13-9-10-14(23-13)11-19-17-21-15(20-16(18-2)22-17)12-7-5-4-6-8-12/h3-11H,1-2H2. The minimum Gasteiger partial charge on any atom is -0.456 e. The van der Waals surface area contributed by atoms with E-state index < -0.39 is 0 Å². The quantitative estimate of drug-likeness (QED) is 0.671. The first-order chi connectivity index (χ1) is 11.3. The number of benzene rings is 1. The number of nitrogens with zero attached hydrogens (tertiary/aromatic N) is 5. The van der Waals surface area contributed by atoms with Gasteiger partial charge >= 0.3 is 0 Å². The summed E-state index contributed by atoms with van der Waals surface area (Å²) < 4.78 is 5.45. The maximum absolute atomic E-state index is 5.45. The first kappa shape index (κ1) is 14.5. The fourth-order valence-corrected chi connectivity index (χ4v) is 1.87. The topological polar surface area (TPSA) is 76.5 Å². The van der Waals surface area contributed by atoms with E-state index in [1.54, 1.807) is 18.2 Å². The van der Waals surface area contributed by atoms with E-state index in [9.17, 15) is 0 Å². The molecule has 2 aromatic heterocycles. The van der Waals surface area contributed by atoms with Crippen LogP contribution in [0.1, 0.15) is 11.5 Å². The largest absolute Gasteiger partial charge is 0.456 e. The Balaban J connectivity index is 1.95. The smallest absolute Gasteiger partial charge is 0.254 e. The van der Waals surface area contributed by atoms with E-state index in [-0.39, 0.29) is 11.9 Å². The molecule has 112 valence electrons. The van der Waals surface area contributed by atoms with Gasteiger partial charge in [-0.2, -0.15) is 15.0 Å². The highest BCUT2D eigenvalue weighted by molar-refractivity contribution is 5.78. The number of furan rings is 1. The van der Waals surface area contributed by atoms with Gasteiger partial charge in [0.15, 0.2) is 5.82 Å². The van der Waals surface area contributed by atoms with E-state index in [1.165, 1.54) is 6.21 Å². The molecule has 1 aromatic carbocycles. The van der Waals surface area contributed by atoms with E-state index in [0.717, 1.165) is 5.56 Å². The number of aromatic nitrogens is 3. The van der Waals surface area contributed by atoms with E-state index in [4.69, 9.17) is 4.42 Å². The Labute approximate surface area is 133 Å².